The Morgan fingerprint density at radius 2 is 2.05 bits per heavy atom. The lowest BCUT2D eigenvalue weighted by molar-refractivity contribution is 0.0953. The third-order valence-electron chi connectivity index (χ3n) is 3.07. The summed E-state index contributed by atoms with van der Waals surface area (Å²) in [5.41, 5.74) is 1.31. The van der Waals surface area contributed by atoms with E-state index in [2.05, 4.69) is 10.3 Å². The molecule has 1 amide bonds. The molecule has 1 N–H and O–H groups in total. The minimum Gasteiger partial charge on any atom is -0.352 e. The van der Waals surface area contributed by atoms with E-state index in [1.807, 2.05) is 20.8 Å². The van der Waals surface area contributed by atoms with Crippen molar-refractivity contribution in [3.05, 3.63) is 28.5 Å². The van der Waals surface area contributed by atoms with Crippen molar-refractivity contribution in [3.8, 4) is 0 Å². The third-order valence-corrected chi connectivity index (χ3v) is 4.63. The standard InChI is InChI=1S/C14H21ClN2O2S/c1-9(2)12-7-11(8-13(15)17-12)14(18)16-6-5-10(3)20(4)19/h7-10H,5-6H2,1-4H3,(H,16,18). The molecule has 1 rings (SSSR count). The zero-order chi connectivity index (χ0) is 15.3. The lowest BCUT2D eigenvalue weighted by atomic mass is 10.1. The minimum atomic E-state index is -0.865. The van der Waals surface area contributed by atoms with E-state index in [1.165, 1.54) is 0 Å². The second kappa shape index (κ2) is 7.74. The van der Waals surface area contributed by atoms with E-state index in [1.54, 1.807) is 18.4 Å². The number of rotatable bonds is 6. The molecule has 4 nitrogen and oxygen atoms in total. The molecule has 0 saturated carbocycles. The molecule has 2 atom stereocenters. The van der Waals surface area contributed by atoms with E-state index in [0.29, 0.717) is 23.7 Å². The second-order valence-electron chi connectivity index (χ2n) is 5.11. The van der Waals surface area contributed by atoms with Gasteiger partial charge in [-0.3, -0.25) is 9.00 Å². The highest BCUT2D eigenvalue weighted by molar-refractivity contribution is 7.84. The zero-order valence-corrected chi connectivity index (χ0v) is 13.8. The number of pyridine rings is 1. The smallest absolute Gasteiger partial charge is 0.251 e. The van der Waals surface area contributed by atoms with Gasteiger partial charge >= 0.3 is 0 Å². The van der Waals surface area contributed by atoms with Crippen molar-refractivity contribution in [1.82, 2.24) is 10.3 Å². The molecule has 0 aliphatic heterocycles. The van der Waals surface area contributed by atoms with Crippen LogP contribution in [0, 0.1) is 0 Å². The molecule has 0 aliphatic carbocycles. The summed E-state index contributed by atoms with van der Waals surface area (Å²) in [7, 11) is -0.865. The number of hydrogen-bond donors (Lipinski definition) is 1. The van der Waals surface area contributed by atoms with Crippen molar-refractivity contribution in [3.63, 3.8) is 0 Å². The van der Waals surface area contributed by atoms with Crippen molar-refractivity contribution in [2.45, 2.75) is 38.4 Å². The molecule has 1 heterocycles. The van der Waals surface area contributed by atoms with E-state index < -0.39 is 10.8 Å². The fourth-order valence-electron chi connectivity index (χ4n) is 1.60. The van der Waals surface area contributed by atoms with Crippen LogP contribution in [0.1, 0.15) is 49.2 Å². The van der Waals surface area contributed by atoms with E-state index in [0.717, 1.165) is 5.69 Å². The first-order valence-electron chi connectivity index (χ1n) is 6.59. The van der Waals surface area contributed by atoms with Crippen LogP contribution in [0.5, 0.6) is 0 Å². The van der Waals surface area contributed by atoms with Crippen molar-refractivity contribution in [2.75, 3.05) is 12.8 Å². The number of halogens is 1. The van der Waals surface area contributed by atoms with Crippen LogP contribution in [-0.4, -0.2) is 33.2 Å². The van der Waals surface area contributed by atoms with Gasteiger partial charge in [0.15, 0.2) is 0 Å². The van der Waals surface area contributed by atoms with Crippen LogP contribution in [0.3, 0.4) is 0 Å². The molecule has 0 bridgehead atoms. The molecule has 0 aromatic carbocycles. The Hall–Kier alpha value is -0.940. The summed E-state index contributed by atoms with van der Waals surface area (Å²) in [4.78, 5) is 16.2. The first kappa shape index (κ1) is 17.1. The van der Waals surface area contributed by atoms with Crippen LogP contribution >= 0.6 is 11.6 Å². The Morgan fingerprint density at radius 3 is 2.60 bits per heavy atom. The molecule has 1 aromatic rings. The minimum absolute atomic E-state index is 0.0718. The predicted octanol–water partition coefficient (Wildman–Crippen LogP) is 2.75. The van der Waals surface area contributed by atoms with Crippen LogP contribution in [0.25, 0.3) is 0 Å². The van der Waals surface area contributed by atoms with Crippen LogP contribution in [-0.2, 0) is 10.8 Å². The number of aromatic nitrogens is 1. The summed E-state index contributed by atoms with van der Waals surface area (Å²) in [5, 5.41) is 3.21. The van der Waals surface area contributed by atoms with E-state index in [-0.39, 0.29) is 17.1 Å². The Morgan fingerprint density at radius 1 is 1.40 bits per heavy atom. The Labute approximate surface area is 127 Å². The highest BCUT2D eigenvalue weighted by Crippen LogP contribution is 2.17. The summed E-state index contributed by atoms with van der Waals surface area (Å²) in [5.74, 6) is 0.0353. The van der Waals surface area contributed by atoms with Gasteiger partial charge in [-0.25, -0.2) is 4.98 Å². The molecule has 20 heavy (non-hydrogen) atoms. The Bertz CT molecular complexity index is 506. The molecule has 0 fully saturated rings. The van der Waals surface area contributed by atoms with Crippen molar-refractivity contribution in [1.29, 1.82) is 0 Å². The van der Waals surface area contributed by atoms with Crippen LogP contribution in [0.4, 0.5) is 0 Å². The van der Waals surface area contributed by atoms with Gasteiger partial charge in [-0.05, 0) is 24.5 Å². The van der Waals surface area contributed by atoms with Crippen LogP contribution in [0.2, 0.25) is 5.15 Å². The normalized spacial score (nSPS) is 14.1. The number of nitrogens with one attached hydrogen (secondary N) is 1. The van der Waals surface area contributed by atoms with Crippen molar-refractivity contribution >= 4 is 28.3 Å². The molecular weight excluding hydrogens is 296 g/mol. The first-order valence-corrected chi connectivity index (χ1v) is 8.59. The van der Waals surface area contributed by atoms with Crippen LogP contribution < -0.4 is 5.32 Å². The molecule has 112 valence electrons. The molecule has 6 heteroatoms. The monoisotopic (exact) mass is 316 g/mol. The predicted molar refractivity (Wildman–Crippen MR) is 83.8 cm³/mol. The summed E-state index contributed by atoms with van der Waals surface area (Å²) < 4.78 is 11.2. The largest absolute Gasteiger partial charge is 0.352 e. The van der Waals surface area contributed by atoms with E-state index >= 15 is 0 Å². The molecule has 1 aromatic heterocycles. The van der Waals surface area contributed by atoms with Crippen molar-refractivity contribution in [2.24, 2.45) is 0 Å². The van der Waals surface area contributed by atoms with Gasteiger partial charge < -0.3 is 5.32 Å². The number of carbonyl (C=O) groups is 1. The highest BCUT2D eigenvalue weighted by atomic mass is 35.5. The van der Waals surface area contributed by atoms with Gasteiger partial charge in [-0.2, -0.15) is 0 Å². The van der Waals surface area contributed by atoms with E-state index in [9.17, 15) is 9.00 Å². The van der Waals surface area contributed by atoms with Crippen molar-refractivity contribution < 1.29 is 9.00 Å². The number of nitrogens with zero attached hydrogens (tertiary/aromatic N) is 1. The third kappa shape index (κ3) is 5.21. The molecule has 2 unspecified atom stereocenters. The molecule has 0 radical (unpaired) electrons. The molecular formula is C14H21ClN2O2S. The lowest BCUT2D eigenvalue weighted by Crippen LogP contribution is -2.27. The maximum Gasteiger partial charge on any atom is 0.251 e. The maximum atomic E-state index is 12.0. The molecule has 0 spiro atoms. The lowest BCUT2D eigenvalue weighted by Gasteiger charge is -2.11. The maximum absolute atomic E-state index is 12.0. The van der Waals surface area contributed by atoms with Gasteiger partial charge in [0, 0.05) is 40.1 Å². The highest BCUT2D eigenvalue weighted by Gasteiger charge is 2.12. The molecule has 0 saturated heterocycles. The van der Waals surface area contributed by atoms with Gasteiger partial charge in [-0.1, -0.05) is 32.4 Å². The zero-order valence-electron chi connectivity index (χ0n) is 12.3. The van der Waals surface area contributed by atoms with Gasteiger partial charge in [-0.15, -0.1) is 0 Å². The summed E-state index contributed by atoms with van der Waals surface area (Å²) in [6.45, 7) is 6.40. The van der Waals surface area contributed by atoms with E-state index in [4.69, 9.17) is 11.6 Å². The fraction of sp³-hybridized carbons (Fsp3) is 0.571. The Kier molecular flexibility index (Phi) is 6.62. The number of hydrogen-bond acceptors (Lipinski definition) is 3. The second-order valence-corrected chi connectivity index (χ2v) is 7.30. The van der Waals surface area contributed by atoms with Gasteiger partial charge in [0.05, 0.1) is 0 Å². The first-order chi connectivity index (χ1) is 9.31. The van der Waals surface area contributed by atoms with Gasteiger partial charge in [0.1, 0.15) is 5.15 Å². The Balaban J connectivity index is 2.66. The summed E-state index contributed by atoms with van der Waals surface area (Å²) in [6, 6.07) is 3.32. The number of amides is 1. The van der Waals surface area contributed by atoms with Crippen LogP contribution in [0.15, 0.2) is 12.1 Å². The summed E-state index contributed by atoms with van der Waals surface area (Å²) in [6.07, 6.45) is 2.36. The quantitative estimate of drug-likeness (QED) is 0.821. The topological polar surface area (TPSA) is 59.1 Å². The van der Waals surface area contributed by atoms with Gasteiger partial charge in [0.25, 0.3) is 5.91 Å². The van der Waals surface area contributed by atoms with Gasteiger partial charge in [0.2, 0.25) is 0 Å². The fourth-order valence-corrected chi connectivity index (χ4v) is 2.27. The summed E-state index contributed by atoms with van der Waals surface area (Å²) >= 11 is 5.93. The average Bonchev–Trinajstić information content (AvgIpc) is 2.37. The SMILES string of the molecule is CC(C)c1cc(C(=O)NCCC(C)S(C)=O)cc(Cl)n1. The molecule has 0 aliphatic rings. The number of carbonyl (C=O) groups excluding carboxylic acids is 1. The average molecular weight is 317 g/mol.